The van der Waals surface area contributed by atoms with Crippen molar-refractivity contribution in [1.82, 2.24) is 10.6 Å². The Labute approximate surface area is 123 Å². The molecule has 0 unspecified atom stereocenters. The van der Waals surface area contributed by atoms with Crippen LogP contribution in [-0.4, -0.2) is 44.8 Å². The summed E-state index contributed by atoms with van der Waals surface area (Å²) in [6, 6.07) is 6.53. The minimum Gasteiger partial charge on any atom is -0.465 e. The molecule has 2 rings (SSSR count). The van der Waals surface area contributed by atoms with E-state index in [2.05, 4.69) is 15.4 Å². The lowest BCUT2D eigenvalue weighted by molar-refractivity contribution is -0.126. The topological polar surface area (TPSA) is 76.7 Å². The van der Waals surface area contributed by atoms with Crippen LogP contribution in [0.25, 0.3) is 0 Å². The third kappa shape index (κ3) is 4.03. The molecule has 1 heterocycles. The zero-order valence-electron chi connectivity index (χ0n) is 12.2. The van der Waals surface area contributed by atoms with E-state index in [9.17, 15) is 9.59 Å². The first-order chi connectivity index (χ1) is 10.1. The van der Waals surface area contributed by atoms with Crippen molar-refractivity contribution >= 4 is 11.9 Å². The first-order valence-electron chi connectivity index (χ1n) is 6.91. The van der Waals surface area contributed by atoms with E-state index in [0.29, 0.717) is 25.3 Å². The van der Waals surface area contributed by atoms with Crippen molar-refractivity contribution in [2.75, 3.05) is 26.9 Å². The molecule has 1 aliphatic heterocycles. The molecule has 21 heavy (non-hydrogen) atoms. The molecule has 1 aliphatic rings. The Kier molecular flexibility index (Phi) is 5.30. The Hall–Kier alpha value is -1.92. The van der Waals surface area contributed by atoms with E-state index < -0.39 is 0 Å². The molecular formula is C15H20N2O4. The summed E-state index contributed by atoms with van der Waals surface area (Å²) in [5, 5.41) is 6.04. The molecular weight excluding hydrogens is 272 g/mol. The lowest BCUT2D eigenvalue weighted by Crippen LogP contribution is -2.51. The van der Waals surface area contributed by atoms with Crippen molar-refractivity contribution < 1.29 is 19.1 Å². The van der Waals surface area contributed by atoms with Crippen LogP contribution < -0.4 is 10.6 Å². The summed E-state index contributed by atoms with van der Waals surface area (Å²) in [5.74, 6) is -0.457. The number of carbonyl (C=O) groups excluding carboxylic acids is 2. The van der Waals surface area contributed by atoms with E-state index in [0.717, 1.165) is 5.56 Å². The first kappa shape index (κ1) is 15.5. The normalized spacial score (nSPS) is 19.6. The van der Waals surface area contributed by atoms with Gasteiger partial charge in [-0.2, -0.15) is 0 Å². The molecule has 1 aromatic carbocycles. The third-order valence-electron chi connectivity index (χ3n) is 3.43. The molecule has 1 aromatic rings. The Bertz CT molecular complexity index is 495. The maximum atomic E-state index is 12.1. The number of rotatable bonds is 4. The van der Waals surface area contributed by atoms with Gasteiger partial charge in [-0.1, -0.05) is 12.1 Å². The molecule has 0 saturated carbocycles. The fourth-order valence-corrected chi connectivity index (χ4v) is 2.16. The second kappa shape index (κ2) is 7.19. The molecule has 0 bridgehead atoms. The number of nitrogens with one attached hydrogen (secondary N) is 2. The molecule has 0 radical (unpaired) electrons. The number of hydrogen-bond acceptors (Lipinski definition) is 5. The molecule has 1 saturated heterocycles. The fraction of sp³-hybridized carbons (Fsp3) is 0.467. The Morgan fingerprint density at radius 3 is 2.67 bits per heavy atom. The molecule has 0 spiro atoms. The van der Waals surface area contributed by atoms with Gasteiger partial charge in [-0.05, 0) is 24.6 Å². The summed E-state index contributed by atoms with van der Waals surface area (Å²) >= 11 is 0. The van der Waals surface area contributed by atoms with Crippen LogP contribution in [0.4, 0.5) is 0 Å². The molecule has 114 valence electrons. The standard InChI is InChI=1S/C15H20N2O4/c1-10(17-14(18)13-9-21-8-7-16-13)11-3-5-12(6-4-11)15(19)20-2/h3-6,10,13,16H,7-9H2,1-2H3,(H,17,18)/t10-,13-/m0/s1. The second-order valence-corrected chi connectivity index (χ2v) is 4.93. The number of amides is 1. The third-order valence-corrected chi connectivity index (χ3v) is 3.43. The second-order valence-electron chi connectivity index (χ2n) is 4.93. The smallest absolute Gasteiger partial charge is 0.337 e. The highest BCUT2D eigenvalue weighted by Crippen LogP contribution is 2.14. The lowest BCUT2D eigenvalue weighted by atomic mass is 10.1. The van der Waals surface area contributed by atoms with E-state index in [1.165, 1.54) is 7.11 Å². The van der Waals surface area contributed by atoms with Crippen LogP contribution in [0.1, 0.15) is 28.9 Å². The predicted octanol–water partition coefficient (Wildman–Crippen LogP) is 0.639. The molecule has 0 aliphatic carbocycles. The fourth-order valence-electron chi connectivity index (χ4n) is 2.16. The van der Waals surface area contributed by atoms with E-state index in [1.807, 2.05) is 19.1 Å². The van der Waals surface area contributed by atoms with Crippen molar-refractivity contribution in [1.29, 1.82) is 0 Å². The minimum atomic E-state index is -0.373. The van der Waals surface area contributed by atoms with E-state index >= 15 is 0 Å². The SMILES string of the molecule is COC(=O)c1ccc([C@H](C)NC(=O)[C@@H]2COCCN2)cc1. The molecule has 6 nitrogen and oxygen atoms in total. The van der Waals surface area contributed by atoms with Gasteiger partial charge in [-0.15, -0.1) is 0 Å². The number of ether oxygens (including phenoxy) is 2. The Morgan fingerprint density at radius 1 is 1.38 bits per heavy atom. The average molecular weight is 292 g/mol. The summed E-state index contributed by atoms with van der Waals surface area (Å²) in [7, 11) is 1.35. The monoisotopic (exact) mass is 292 g/mol. The van der Waals surface area contributed by atoms with Crippen molar-refractivity contribution in [2.24, 2.45) is 0 Å². The maximum Gasteiger partial charge on any atom is 0.337 e. The van der Waals surface area contributed by atoms with Gasteiger partial charge >= 0.3 is 5.97 Å². The molecule has 1 fully saturated rings. The van der Waals surface area contributed by atoms with Crippen molar-refractivity contribution in [3.63, 3.8) is 0 Å². The minimum absolute atomic E-state index is 0.0840. The molecule has 0 aromatic heterocycles. The number of benzene rings is 1. The number of morpholine rings is 1. The van der Waals surface area contributed by atoms with Gasteiger partial charge in [0, 0.05) is 6.54 Å². The van der Waals surface area contributed by atoms with Crippen LogP contribution >= 0.6 is 0 Å². The zero-order valence-corrected chi connectivity index (χ0v) is 12.2. The average Bonchev–Trinajstić information content (AvgIpc) is 2.55. The van der Waals surface area contributed by atoms with Crippen molar-refractivity contribution in [3.8, 4) is 0 Å². The quantitative estimate of drug-likeness (QED) is 0.796. The van der Waals surface area contributed by atoms with Gasteiger partial charge in [0.05, 0.1) is 31.9 Å². The highest BCUT2D eigenvalue weighted by molar-refractivity contribution is 5.89. The number of methoxy groups -OCH3 is 1. The summed E-state index contributed by atoms with van der Waals surface area (Å²) < 4.78 is 9.92. The lowest BCUT2D eigenvalue weighted by Gasteiger charge is -2.25. The highest BCUT2D eigenvalue weighted by Gasteiger charge is 2.22. The van der Waals surface area contributed by atoms with Crippen LogP contribution in [0.5, 0.6) is 0 Å². The van der Waals surface area contributed by atoms with Crippen LogP contribution in [0.2, 0.25) is 0 Å². The van der Waals surface area contributed by atoms with Gasteiger partial charge in [0.15, 0.2) is 0 Å². The Balaban J connectivity index is 1.94. The number of hydrogen-bond donors (Lipinski definition) is 2. The van der Waals surface area contributed by atoms with Crippen molar-refractivity contribution in [2.45, 2.75) is 19.0 Å². The number of esters is 1. The molecule has 2 atom stereocenters. The van der Waals surface area contributed by atoms with Gasteiger partial charge in [0.25, 0.3) is 0 Å². The predicted molar refractivity (Wildman–Crippen MR) is 76.9 cm³/mol. The molecule has 2 N–H and O–H groups in total. The van der Waals surface area contributed by atoms with Crippen LogP contribution in [-0.2, 0) is 14.3 Å². The van der Waals surface area contributed by atoms with E-state index in [4.69, 9.17) is 4.74 Å². The van der Waals surface area contributed by atoms with Crippen LogP contribution in [0.15, 0.2) is 24.3 Å². The molecule has 6 heteroatoms. The van der Waals surface area contributed by atoms with Gasteiger partial charge in [-0.25, -0.2) is 4.79 Å². The van der Waals surface area contributed by atoms with E-state index in [1.54, 1.807) is 12.1 Å². The summed E-state index contributed by atoms with van der Waals surface area (Å²) in [6.45, 7) is 3.60. The largest absolute Gasteiger partial charge is 0.465 e. The van der Waals surface area contributed by atoms with E-state index in [-0.39, 0.29) is 24.0 Å². The van der Waals surface area contributed by atoms with Crippen LogP contribution in [0.3, 0.4) is 0 Å². The first-order valence-corrected chi connectivity index (χ1v) is 6.91. The van der Waals surface area contributed by atoms with Gasteiger partial charge in [-0.3, -0.25) is 4.79 Å². The van der Waals surface area contributed by atoms with Crippen molar-refractivity contribution in [3.05, 3.63) is 35.4 Å². The number of carbonyl (C=O) groups is 2. The van der Waals surface area contributed by atoms with Gasteiger partial charge in [0.1, 0.15) is 6.04 Å². The molecule has 1 amide bonds. The Morgan fingerprint density at radius 2 is 2.10 bits per heavy atom. The maximum absolute atomic E-state index is 12.1. The van der Waals surface area contributed by atoms with Gasteiger partial charge < -0.3 is 20.1 Å². The van der Waals surface area contributed by atoms with Gasteiger partial charge in [0.2, 0.25) is 5.91 Å². The zero-order chi connectivity index (χ0) is 15.2. The highest BCUT2D eigenvalue weighted by atomic mass is 16.5. The summed E-state index contributed by atoms with van der Waals surface area (Å²) in [6.07, 6.45) is 0. The summed E-state index contributed by atoms with van der Waals surface area (Å²) in [4.78, 5) is 23.4. The van der Waals surface area contributed by atoms with Crippen LogP contribution in [0, 0.1) is 0 Å². The summed E-state index contributed by atoms with van der Waals surface area (Å²) in [5.41, 5.74) is 1.41.